The van der Waals surface area contributed by atoms with Gasteiger partial charge in [-0.15, -0.1) is 0 Å². The summed E-state index contributed by atoms with van der Waals surface area (Å²) in [5.41, 5.74) is 4.36. The van der Waals surface area contributed by atoms with E-state index in [0.717, 1.165) is 34.2 Å². The first kappa shape index (κ1) is 14.1. The maximum absolute atomic E-state index is 6.35. The van der Waals surface area contributed by atoms with E-state index in [2.05, 4.69) is 47.8 Å². The molecule has 4 heteroatoms. The lowest BCUT2D eigenvalue weighted by atomic mass is 10.2. The van der Waals surface area contributed by atoms with E-state index < -0.39 is 0 Å². The van der Waals surface area contributed by atoms with Gasteiger partial charge >= 0.3 is 0 Å². The zero-order chi connectivity index (χ0) is 14.0. The first-order valence-corrected chi connectivity index (χ1v) is 6.89. The van der Waals surface area contributed by atoms with Crippen LogP contribution in [0.4, 0.5) is 0 Å². The van der Waals surface area contributed by atoms with Gasteiger partial charge in [-0.3, -0.25) is 0 Å². The smallest absolute Gasteiger partial charge is 0.0997 e. The molecule has 0 unspecified atom stereocenters. The first-order chi connectivity index (χ1) is 8.99. The topological polar surface area (TPSA) is 29.9 Å². The van der Waals surface area contributed by atoms with Crippen LogP contribution in [0, 0.1) is 13.8 Å². The van der Waals surface area contributed by atoms with Crippen LogP contribution in [0.2, 0.25) is 5.02 Å². The predicted octanol–water partition coefficient (Wildman–Crippen LogP) is 3.64. The van der Waals surface area contributed by atoms with Gasteiger partial charge in [0.25, 0.3) is 0 Å². The van der Waals surface area contributed by atoms with Crippen LogP contribution in [0.25, 0.3) is 5.69 Å². The third-order valence-corrected chi connectivity index (χ3v) is 3.62. The highest BCUT2D eigenvalue weighted by atomic mass is 35.5. The molecule has 0 saturated carbocycles. The molecule has 0 aliphatic carbocycles. The molecule has 0 aliphatic rings. The van der Waals surface area contributed by atoms with Crippen LogP contribution in [0.15, 0.2) is 24.5 Å². The van der Waals surface area contributed by atoms with E-state index in [1.54, 1.807) is 0 Å². The molecule has 19 heavy (non-hydrogen) atoms. The first-order valence-electron chi connectivity index (χ1n) is 6.51. The Labute approximate surface area is 119 Å². The summed E-state index contributed by atoms with van der Waals surface area (Å²) in [6, 6.07) is 6.60. The average Bonchev–Trinajstić information content (AvgIpc) is 2.68. The van der Waals surface area contributed by atoms with Crippen molar-refractivity contribution < 1.29 is 0 Å². The second-order valence-electron chi connectivity index (χ2n) is 5.10. The van der Waals surface area contributed by atoms with Gasteiger partial charge < -0.3 is 9.88 Å². The van der Waals surface area contributed by atoms with E-state index in [4.69, 9.17) is 11.6 Å². The van der Waals surface area contributed by atoms with Gasteiger partial charge in [0.15, 0.2) is 0 Å². The zero-order valence-corrected chi connectivity index (χ0v) is 12.6. The van der Waals surface area contributed by atoms with Crippen LogP contribution < -0.4 is 5.32 Å². The largest absolute Gasteiger partial charge is 0.310 e. The summed E-state index contributed by atoms with van der Waals surface area (Å²) < 4.78 is 2.06. The van der Waals surface area contributed by atoms with Crippen molar-refractivity contribution in [3.05, 3.63) is 46.5 Å². The van der Waals surface area contributed by atoms with Crippen LogP contribution in [0.3, 0.4) is 0 Å². The number of aryl methyl sites for hydroxylation is 1. The monoisotopic (exact) mass is 277 g/mol. The van der Waals surface area contributed by atoms with Crippen molar-refractivity contribution in [1.82, 2.24) is 14.9 Å². The van der Waals surface area contributed by atoms with Gasteiger partial charge in [0.05, 0.1) is 12.0 Å². The molecule has 0 amide bonds. The van der Waals surface area contributed by atoms with Crippen molar-refractivity contribution in [2.45, 2.75) is 40.3 Å². The summed E-state index contributed by atoms with van der Waals surface area (Å²) in [6.07, 6.45) is 1.84. The highest BCUT2D eigenvalue weighted by molar-refractivity contribution is 6.31. The lowest BCUT2D eigenvalue weighted by Crippen LogP contribution is -2.22. The van der Waals surface area contributed by atoms with Gasteiger partial charge in [-0.1, -0.05) is 31.5 Å². The Balaban J connectivity index is 2.26. The SMILES string of the molecule is Cc1ncn(-c2ccc(CNC(C)C)c(Cl)c2)c1C. The van der Waals surface area contributed by atoms with Crippen molar-refractivity contribution in [3.8, 4) is 5.69 Å². The number of hydrogen-bond acceptors (Lipinski definition) is 2. The molecule has 102 valence electrons. The summed E-state index contributed by atoms with van der Waals surface area (Å²) in [4.78, 5) is 4.31. The molecule has 0 aliphatic heterocycles. The number of aromatic nitrogens is 2. The Morgan fingerprint density at radius 1 is 1.32 bits per heavy atom. The maximum atomic E-state index is 6.35. The third-order valence-electron chi connectivity index (χ3n) is 3.27. The number of benzene rings is 1. The molecule has 0 radical (unpaired) electrons. The van der Waals surface area contributed by atoms with E-state index in [0.29, 0.717) is 6.04 Å². The molecule has 0 atom stereocenters. The molecule has 0 saturated heterocycles. The molecule has 1 N–H and O–H groups in total. The molecule has 0 bridgehead atoms. The maximum Gasteiger partial charge on any atom is 0.0997 e. The van der Waals surface area contributed by atoms with Crippen LogP contribution in [-0.2, 0) is 6.54 Å². The molecular formula is C15H20ClN3. The quantitative estimate of drug-likeness (QED) is 0.925. The fraction of sp³-hybridized carbons (Fsp3) is 0.400. The predicted molar refractivity (Wildman–Crippen MR) is 80.0 cm³/mol. The standard InChI is InChI=1S/C15H20ClN3/c1-10(2)17-8-13-5-6-14(7-15(13)16)19-9-18-11(3)12(19)4/h5-7,9-10,17H,8H2,1-4H3. The molecular weight excluding hydrogens is 258 g/mol. The van der Waals surface area contributed by atoms with E-state index >= 15 is 0 Å². The summed E-state index contributed by atoms with van der Waals surface area (Å²) in [5, 5.41) is 4.16. The van der Waals surface area contributed by atoms with Crippen LogP contribution >= 0.6 is 11.6 Å². The number of nitrogens with zero attached hydrogens (tertiary/aromatic N) is 2. The van der Waals surface area contributed by atoms with E-state index in [1.165, 1.54) is 0 Å². The van der Waals surface area contributed by atoms with Crippen LogP contribution in [-0.4, -0.2) is 15.6 Å². The Kier molecular flexibility index (Phi) is 4.27. The summed E-state index contributed by atoms with van der Waals surface area (Å²) >= 11 is 6.35. The Bertz CT molecular complexity index is 573. The fourth-order valence-corrected chi connectivity index (χ4v) is 2.14. The minimum Gasteiger partial charge on any atom is -0.310 e. The van der Waals surface area contributed by atoms with Crippen molar-refractivity contribution in [3.63, 3.8) is 0 Å². The molecule has 0 spiro atoms. The Morgan fingerprint density at radius 2 is 2.05 bits per heavy atom. The van der Waals surface area contributed by atoms with Crippen LogP contribution in [0.1, 0.15) is 30.8 Å². The average molecular weight is 278 g/mol. The second-order valence-corrected chi connectivity index (χ2v) is 5.50. The van der Waals surface area contributed by atoms with Gasteiger partial charge in [0, 0.05) is 29.0 Å². The van der Waals surface area contributed by atoms with Gasteiger partial charge in [-0.2, -0.15) is 0 Å². The number of hydrogen-bond donors (Lipinski definition) is 1. The molecule has 2 rings (SSSR count). The van der Waals surface area contributed by atoms with Gasteiger partial charge in [0.1, 0.15) is 0 Å². The van der Waals surface area contributed by atoms with Gasteiger partial charge in [0.2, 0.25) is 0 Å². The van der Waals surface area contributed by atoms with E-state index in [-0.39, 0.29) is 0 Å². The van der Waals surface area contributed by atoms with E-state index in [1.807, 2.05) is 19.3 Å². The lowest BCUT2D eigenvalue weighted by molar-refractivity contribution is 0.589. The van der Waals surface area contributed by atoms with Crippen molar-refractivity contribution in [1.29, 1.82) is 0 Å². The highest BCUT2D eigenvalue weighted by Crippen LogP contribution is 2.22. The lowest BCUT2D eigenvalue weighted by Gasteiger charge is -2.12. The number of imidazole rings is 1. The van der Waals surface area contributed by atoms with Crippen molar-refractivity contribution >= 4 is 11.6 Å². The molecule has 2 aromatic rings. The van der Waals surface area contributed by atoms with Crippen molar-refractivity contribution in [2.75, 3.05) is 0 Å². The number of nitrogens with one attached hydrogen (secondary N) is 1. The second kappa shape index (κ2) is 5.76. The minimum atomic E-state index is 0.453. The van der Waals surface area contributed by atoms with Crippen LogP contribution in [0.5, 0.6) is 0 Å². The van der Waals surface area contributed by atoms with Gasteiger partial charge in [-0.25, -0.2) is 4.98 Å². The Hall–Kier alpha value is -1.32. The molecule has 1 aromatic heterocycles. The molecule has 0 fully saturated rings. The summed E-state index contributed by atoms with van der Waals surface area (Å²) in [6.45, 7) is 9.11. The van der Waals surface area contributed by atoms with E-state index in [9.17, 15) is 0 Å². The number of halogens is 1. The minimum absolute atomic E-state index is 0.453. The third kappa shape index (κ3) is 3.17. The van der Waals surface area contributed by atoms with Gasteiger partial charge in [-0.05, 0) is 31.5 Å². The molecule has 1 aromatic carbocycles. The molecule has 1 heterocycles. The highest BCUT2D eigenvalue weighted by Gasteiger charge is 2.07. The fourth-order valence-electron chi connectivity index (χ4n) is 1.90. The van der Waals surface area contributed by atoms with Crippen molar-refractivity contribution in [2.24, 2.45) is 0 Å². The number of rotatable bonds is 4. The zero-order valence-electron chi connectivity index (χ0n) is 11.9. The summed E-state index contributed by atoms with van der Waals surface area (Å²) in [7, 11) is 0. The molecule has 3 nitrogen and oxygen atoms in total. The normalized spacial score (nSPS) is 11.3. The Morgan fingerprint density at radius 3 is 2.58 bits per heavy atom. The summed E-state index contributed by atoms with van der Waals surface area (Å²) in [5.74, 6) is 0.